The topological polar surface area (TPSA) is 63.1 Å². The van der Waals surface area contributed by atoms with Gasteiger partial charge >= 0.3 is 0 Å². The quantitative estimate of drug-likeness (QED) is 0.755. The molecule has 2 rings (SSSR count). The molecule has 5 nitrogen and oxygen atoms in total. The van der Waals surface area contributed by atoms with Gasteiger partial charge in [0.25, 0.3) is 0 Å². The number of hydrogen-bond donors (Lipinski definition) is 2. The van der Waals surface area contributed by atoms with Gasteiger partial charge < -0.3 is 14.4 Å². The van der Waals surface area contributed by atoms with Crippen LogP contribution in [0.1, 0.15) is 18.7 Å². The zero-order valence-corrected chi connectivity index (χ0v) is 9.29. The lowest BCUT2D eigenvalue weighted by molar-refractivity contribution is 0.0605. The van der Waals surface area contributed by atoms with Crippen LogP contribution in [0.3, 0.4) is 0 Å². The van der Waals surface area contributed by atoms with E-state index in [4.69, 9.17) is 22.1 Å². The molecule has 15 heavy (non-hydrogen) atoms. The molecule has 84 valence electrons. The molecule has 1 aromatic rings. The van der Waals surface area contributed by atoms with Crippen LogP contribution < -0.4 is 0 Å². The van der Waals surface area contributed by atoms with Crippen molar-refractivity contribution in [2.75, 3.05) is 13.2 Å². The SMILES string of the molecule is OCc1n[nH]c(=S)n1CC1CCOCC1. The predicted octanol–water partition coefficient (Wildman–Crippen LogP) is 0.860. The summed E-state index contributed by atoms with van der Waals surface area (Å²) < 4.78 is 7.77. The average Bonchev–Trinajstić information content (AvgIpc) is 2.62. The molecule has 0 aliphatic carbocycles. The molecule has 2 heterocycles. The first-order valence-corrected chi connectivity index (χ1v) is 5.54. The van der Waals surface area contributed by atoms with E-state index in [1.807, 2.05) is 4.57 Å². The first kappa shape index (κ1) is 10.8. The minimum absolute atomic E-state index is 0.0731. The Kier molecular flexibility index (Phi) is 3.50. The summed E-state index contributed by atoms with van der Waals surface area (Å²) in [5.74, 6) is 1.19. The fourth-order valence-electron chi connectivity index (χ4n) is 1.85. The van der Waals surface area contributed by atoms with E-state index >= 15 is 0 Å². The second-order valence-electron chi connectivity index (χ2n) is 3.77. The van der Waals surface area contributed by atoms with Crippen molar-refractivity contribution in [2.45, 2.75) is 26.0 Å². The first-order chi connectivity index (χ1) is 7.31. The van der Waals surface area contributed by atoms with Crippen molar-refractivity contribution in [3.05, 3.63) is 10.6 Å². The van der Waals surface area contributed by atoms with Crippen LogP contribution in [0.15, 0.2) is 0 Å². The van der Waals surface area contributed by atoms with Crippen LogP contribution in [0.25, 0.3) is 0 Å². The Labute approximate surface area is 93.1 Å². The molecule has 1 aromatic heterocycles. The van der Waals surface area contributed by atoms with Crippen molar-refractivity contribution in [3.63, 3.8) is 0 Å². The number of nitrogens with one attached hydrogen (secondary N) is 1. The normalized spacial score (nSPS) is 18.2. The number of H-pyrrole nitrogens is 1. The van der Waals surface area contributed by atoms with E-state index < -0.39 is 0 Å². The van der Waals surface area contributed by atoms with E-state index in [1.54, 1.807) is 0 Å². The molecule has 1 aliphatic rings. The highest BCUT2D eigenvalue weighted by molar-refractivity contribution is 7.71. The smallest absolute Gasteiger partial charge is 0.195 e. The molecule has 1 aliphatic heterocycles. The van der Waals surface area contributed by atoms with Crippen molar-refractivity contribution in [1.29, 1.82) is 0 Å². The Morgan fingerprint density at radius 3 is 2.93 bits per heavy atom. The lowest BCUT2D eigenvalue weighted by Crippen LogP contribution is -2.21. The van der Waals surface area contributed by atoms with Gasteiger partial charge in [0.2, 0.25) is 0 Å². The van der Waals surface area contributed by atoms with Gasteiger partial charge in [0, 0.05) is 19.8 Å². The van der Waals surface area contributed by atoms with Gasteiger partial charge in [0.1, 0.15) is 6.61 Å². The lowest BCUT2D eigenvalue weighted by Gasteiger charge is -2.22. The minimum Gasteiger partial charge on any atom is -0.388 e. The summed E-state index contributed by atoms with van der Waals surface area (Å²) in [5.41, 5.74) is 0. The molecule has 0 amide bonds. The van der Waals surface area contributed by atoms with Crippen molar-refractivity contribution in [3.8, 4) is 0 Å². The number of aliphatic hydroxyl groups excluding tert-OH is 1. The average molecular weight is 229 g/mol. The monoisotopic (exact) mass is 229 g/mol. The molecule has 0 spiro atoms. The van der Waals surface area contributed by atoms with Gasteiger partial charge in [-0.2, -0.15) is 5.10 Å². The molecule has 0 aromatic carbocycles. The molecule has 0 saturated carbocycles. The van der Waals surface area contributed by atoms with Gasteiger partial charge in [0.05, 0.1) is 0 Å². The lowest BCUT2D eigenvalue weighted by atomic mass is 10.0. The summed E-state index contributed by atoms with van der Waals surface area (Å²) in [6.45, 7) is 2.40. The molecular formula is C9H15N3O2S. The van der Waals surface area contributed by atoms with E-state index in [0.717, 1.165) is 32.6 Å². The molecule has 0 radical (unpaired) electrons. The summed E-state index contributed by atoms with van der Waals surface area (Å²) in [7, 11) is 0. The zero-order chi connectivity index (χ0) is 10.7. The summed E-state index contributed by atoms with van der Waals surface area (Å²) in [6, 6.07) is 0. The molecule has 6 heteroatoms. The summed E-state index contributed by atoms with van der Waals surface area (Å²) in [5, 5.41) is 15.8. The highest BCUT2D eigenvalue weighted by Crippen LogP contribution is 2.17. The largest absolute Gasteiger partial charge is 0.388 e. The summed E-state index contributed by atoms with van der Waals surface area (Å²) >= 11 is 5.11. The Bertz CT molecular complexity index is 368. The predicted molar refractivity (Wildman–Crippen MR) is 56.9 cm³/mol. The fraction of sp³-hybridized carbons (Fsp3) is 0.778. The van der Waals surface area contributed by atoms with E-state index in [2.05, 4.69) is 10.2 Å². The molecule has 0 bridgehead atoms. The second-order valence-corrected chi connectivity index (χ2v) is 4.16. The maximum absolute atomic E-state index is 9.09. The van der Waals surface area contributed by atoms with Crippen LogP contribution in [0, 0.1) is 10.7 Å². The Balaban J connectivity index is 2.08. The van der Waals surface area contributed by atoms with E-state index in [9.17, 15) is 0 Å². The van der Waals surface area contributed by atoms with Crippen LogP contribution in [0.2, 0.25) is 0 Å². The van der Waals surface area contributed by atoms with Gasteiger partial charge in [0.15, 0.2) is 10.6 Å². The number of aliphatic hydroxyl groups is 1. The zero-order valence-electron chi connectivity index (χ0n) is 8.48. The fourth-order valence-corrected chi connectivity index (χ4v) is 2.07. The number of aromatic amines is 1. The number of nitrogens with zero attached hydrogens (tertiary/aromatic N) is 2. The Morgan fingerprint density at radius 2 is 2.27 bits per heavy atom. The molecule has 0 atom stereocenters. The first-order valence-electron chi connectivity index (χ1n) is 5.14. The molecule has 2 N–H and O–H groups in total. The number of rotatable bonds is 3. The van der Waals surface area contributed by atoms with Crippen LogP contribution in [-0.4, -0.2) is 33.1 Å². The summed E-state index contributed by atoms with van der Waals surface area (Å²) in [4.78, 5) is 0. The van der Waals surface area contributed by atoms with E-state index in [-0.39, 0.29) is 6.61 Å². The molecule has 0 unspecified atom stereocenters. The van der Waals surface area contributed by atoms with E-state index in [1.165, 1.54) is 0 Å². The van der Waals surface area contributed by atoms with Crippen molar-refractivity contribution >= 4 is 12.2 Å². The highest BCUT2D eigenvalue weighted by atomic mass is 32.1. The number of aromatic nitrogens is 3. The van der Waals surface area contributed by atoms with Crippen LogP contribution in [-0.2, 0) is 17.9 Å². The molecule has 1 fully saturated rings. The Morgan fingerprint density at radius 1 is 1.53 bits per heavy atom. The van der Waals surface area contributed by atoms with Crippen LogP contribution >= 0.6 is 12.2 Å². The number of ether oxygens (including phenoxy) is 1. The minimum atomic E-state index is -0.0731. The van der Waals surface area contributed by atoms with Gasteiger partial charge in [-0.1, -0.05) is 0 Å². The van der Waals surface area contributed by atoms with Crippen molar-refractivity contribution < 1.29 is 9.84 Å². The van der Waals surface area contributed by atoms with Crippen LogP contribution in [0.4, 0.5) is 0 Å². The third-order valence-electron chi connectivity index (χ3n) is 2.76. The number of hydrogen-bond acceptors (Lipinski definition) is 4. The molecule has 1 saturated heterocycles. The van der Waals surface area contributed by atoms with Gasteiger partial charge in [-0.15, -0.1) is 0 Å². The highest BCUT2D eigenvalue weighted by Gasteiger charge is 2.16. The van der Waals surface area contributed by atoms with Gasteiger partial charge in [-0.25, -0.2) is 0 Å². The second kappa shape index (κ2) is 4.87. The van der Waals surface area contributed by atoms with Crippen molar-refractivity contribution in [2.24, 2.45) is 5.92 Å². The maximum Gasteiger partial charge on any atom is 0.195 e. The standard InChI is InChI=1S/C9H15N3O2S/c13-6-8-10-11-9(15)12(8)5-7-1-3-14-4-2-7/h7,13H,1-6H2,(H,11,15). The van der Waals surface area contributed by atoms with Gasteiger partial charge in [-0.05, 0) is 31.0 Å². The van der Waals surface area contributed by atoms with Crippen molar-refractivity contribution in [1.82, 2.24) is 14.8 Å². The summed E-state index contributed by atoms with van der Waals surface area (Å²) in [6.07, 6.45) is 2.11. The van der Waals surface area contributed by atoms with Gasteiger partial charge in [-0.3, -0.25) is 5.10 Å². The third kappa shape index (κ3) is 2.45. The molecular weight excluding hydrogens is 214 g/mol. The maximum atomic E-state index is 9.09. The van der Waals surface area contributed by atoms with Crippen LogP contribution in [0.5, 0.6) is 0 Å². The Hall–Kier alpha value is -0.720. The van der Waals surface area contributed by atoms with E-state index in [0.29, 0.717) is 16.5 Å². The third-order valence-corrected chi connectivity index (χ3v) is 3.07.